The van der Waals surface area contributed by atoms with Crippen LogP contribution in [0.25, 0.3) is 0 Å². The maximum absolute atomic E-state index is 13.7. The number of aromatic nitrogens is 1. The molecule has 172 valence electrons. The Kier molecular flexibility index (Phi) is 7.86. The van der Waals surface area contributed by atoms with Crippen LogP contribution in [0.15, 0.2) is 60.9 Å². The molecule has 0 saturated heterocycles. The molecule has 3 rings (SSSR count). The maximum atomic E-state index is 13.7. The van der Waals surface area contributed by atoms with Crippen LogP contribution < -0.4 is 19.1 Å². The van der Waals surface area contributed by atoms with E-state index in [0.29, 0.717) is 34.1 Å². The molecule has 0 fully saturated rings. The van der Waals surface area contributed by atoms with Crippen molar-refractivity contribution < 1.29 is 28.5 Å². The van der Waals surface area contributed by atoms with Gasteiger partial charge in [0.05, 0.1) is 40.0 Å². The standard InChI is InChI=1S/C25H26N2O6/c1-5-33-25(29)18-6-8-20(9-7-18)27(16-17-10-12-26-13-11-17)24(28)19-14-21(30-2)23(32-4)22(15-19)31-3/h6-15H,5,16H2,1-4H3. The van der Waals surface area contributed by atoms with E-state index in [1.807, 2.05) is 12.1 Å². The Morgan fingerprint density at radius 2 is 1.45 bits per heavy atom. The third kappa shape index (κ3) is 5.41. The Labute approximate surface area is 192 Å². The van der Waals surface area contributed by atoms with Gasteiger partial charge >= 0.3 is 5.97 Å². The normalized spacial score (nSPS) is 10.3. The number of carbonyl (C=O) groups excluding carboxylic acids is 2. The zero-order chi connectivity index (χ0) is 23.8. The minimum Gasteiger partial charge on any atom is -0.493 e. The predicted octanol–water partition coefficient (Wildman–Crippen LogP) is 4.13. The molecule has 3 aromatic rings. The summed E-state index contributed by atoms with van der Waals surface area (Å²) in [4.78, 5) is 31.3. The van der Waals surface area contributed by atoms with Gasteiger partial charge in [-0.1, -0.05) is 0 Å². The van der Waals surface area contributed by atoms with Gasteiger partial charge in [-0.3, -0.25) is 9.78 Å². The van der Waals surface area contributed by atoms with E-state index in [1.54, 1.807) is 60.6 Å². The fourth-order valence-electron chi connectivity index (χ4n) is 3.30. The molecule has 1 aromatic heterocycles. The SMILES string of the molecule is CCOC(=O)c1ccc(N(Cc2ccncc2)C(=O)c2cc(OC)c(OC)c(OC)c2)cc1. The van der Waals surface area contributed by atoms with Crippen molar-refractivity contribution >= 4 is 17.6 Å². The van der Waals surface area contributed by atoms with E-state index in [4.69, 9.17) is 18.9 Å². The second kappa shape index (κ2) is 11.0. The van der Waals surface area contributed by atoms with Crippen molar-refractivity contribution in [3.8, 4) is 17.2 Å². The van der Waals surface area contributed by atoms with Crippen LogP contribution in [0.3, 0.4) is 0 Å². The summed E-state index contributed by atoms with van der Waals surface area (Å²) in [6, 6.07) is 13.6. The van der Waals surface area contributed by atoms with Crippen molar-refractivity contribution in [2.75, 3.05) is 32.8 Å². The summed E-state index contributed by atoms with van der Waals surface area (Å²) in [5, 5.41) is 0. The summed E-state index contributed by atoms with van der Waals surface area (Å²) >= 11 is 0. The smallest absolute Gasteiger partial charge is 0.338 e. The number of ether oxygens (including phenoxy) is 4. The van der Waals surface area contributed by atoms with E-state index in [0.717, 1.165) is 5.56 Å². The average Bonchev–Trinajstić information content (AvgIpc) is 2.86. The Balaban J connectivity index is 2.03. The third-order valence-electron chi connectivity index (χ3n) is 4.94. The van der Waals surface area contributed by atoms with Crippen molar-refractivity contribution in [3.05, 3.63) is 77.6 Å². The van der Waals surface area contributed by atoms with Crippen LogP contribution in [0.1, 0.15) is 33.2 Å². The molecule has 0 aliphatic rings. The minimum atomic E-state index is -0.416. The molecule has 8 nitrogen and oxygen atoms in total. The Hall–Kier alpha value is -4.07. The van der Waals surface area contributed by atoms with Gasteiger partial charge in [0.15, 0.2) is 11.5 Å². The van der Waals surface area contributed by atoms with E-state index >= 15 is 0 Å². The van der Waals surface area contributed by atoms with E-state index in [-0.39, 0.29) is 19.1 Å². The molecule has 0 saturated carbocycles. The largest absolute Gasteiger partial charge is 0.493 e. The highest BCUT2D eigenvalue weighted by Crippen LogP contribution is 2.39. The predicted molar refractivity (Wildman–Crippen MR) is 123 cm³/mol. The molecule has 33 heavy (non-hydrogen) atoms. The summed E-state index contributed by atoms with van der Waals surface area (Å²) in [7, 11) is 4.49. The molecule has 0 bridgehead atoms. The number of rotatable bonds is 9. The average molecular weight is 450 g/mol. The maximum Gasteiger partial charge on any atom is 0.338 e. The number of carbonyl (C=O) groups is 2. The fraction of sp³-hybridized carbons (Fsp3) is 0.240. The lowest BCUT2D eigenvalue weighted by atomic mass is 10.1. The summed E-state index contributed by atoms with van der Waals surface area (Å²) in [5.74, 6) is 0.454. The van der Waals surface area contributed by atoms with Gasteiger partial charge in [0.25, 0.3) is 5.91 Å². The molecule has 8 heteroatoms. The Bertz CT molecular complexity index is 1070. The molecule has 0 spiro atoms. The number of benzene rings is 2. The minimum absolute atomic E-state index is 0.282. The van der Waals surface area contributed by atoms with Gasteiger partial charge in [0.2, 0.25) is 5.75 Å². The highest BCUT2D eigenvalue weighted by Gasteiger charge is 2.23. The van der Waals surface area contributed by atoms with Crippen LogP contribution in [-0.2, 0) is 11.3 Å². The summed E-state index contributed by atoms with van der Waals surface area (Å²) in [6.07, 6.45) is 3.34. The van der Waals surface area contributed by atoms with Gasteiger partial charge in [0, 0.05) is 23.6 Å². The molecule has 0 aliphatic heterocycles. The Morgan fingerprint density at radius 3 is 1.97 bits per heavy atom. The van der Waals surface area contributed by atoms with Gasteiger partial charge in [0.1, 0.15) is 0 Å². The van der Waals surface area contributed by atoms with Crippen molar-refractivity contribution in [2.24, 2.45) is 0 Å². The van der Waals surface area contributed by atoms with Crippen LogP contribution in [0.4, 0.5) is 5.69 Å². The molecule has 2 aromatic carbocycles. The number of hydrogen-bond donors (Lipinski definition) is 0. The van der Waals surface area contributed by atoms with Crippen LogP contribution in [0, 0.1) is 0 Å². The lowest BCUT2D eigenvalue weighted by Crippen LogP contribution is -2.30. The van der Waals surface area contributed by atoms with Crippen molar-refractivity contribution in [1.82, 2.24) is 4.98 Å². The second-order valence-electron chi connectivity index (χ2n) is 6.93. The Morgan fingerprint density at radius 1 is 0.848 bits per heavy atom. The van der Waals surface area contributed by atoms with Gasteiger partial charge in [-0.25, -0.2) is 4.79 Å². The highest BCUT2D eigenvalue weighted by molar-refractivity contribution is 6.07. The first-order valence-electron chi connectivity index (χ1n) is 10.3. The first-order valence-corrected chi connectivity index (χ1v) is 10.3. The van der Waals surface area contributed by atoms with Gasteiger partial charge < -0.3 is 23.8 Å². The molecular weight excluding hydrogens is 424 g/mol. The third-order valence-corrected chi connectivity index (χ3v) is 4.94. The number of esters is 1. The number of amides is 1. The molecular formula is C25H26N2O6. The summed E-state index contributed by atoms with van der Waals surface area (Å²) in [5.41, 5.74) is 2.26. The van der Waals surface area contributed by atoms with Gasteiger partial charge in [-0.2, -0.15) is 0 Å². The zero-order valence-corrected chi connectivity index (χ0v) is 19.0. The topological polar surface area (TPSA) is 87.2 Å². The van der Waals surface area contributed by atoms with E-state index < -0.39 is 5.97 Å². The molecule has 0 atom stereocenters. The van der Waals surface area contributed by atoms with Crippen molar-refractivity contribution in [2.45, 2.75) is 13.5 Å². The lowest BCUT2D eigenvalue weighted by molar-refractivity contribution is 0.0526. The van der Waals surface area contributed by atoms with E-state index in [9.17, 15) is 9.59 Å². The summed E-state index contributed by atoms with van der Waals surface area (Å²) < 4.78 is 21.2. The first kappa shape index (κ1) is 23.6. The van der Waals surface area contributed by atoms with Crippen molar-refractivity contribution in [3.63, 3.8) is 0 Å². The number of pyridine rings is 1. The zero-order valence-electron chi connectivity index (χ0n) is 19.0. The van der Waals surface area contributed by atoms with Crippen LogP contribution in [-0.4, -0.2) is 44.8 Å². The second-order valence-corrected chi connectivity index (χ2v) is 6.93. The monoisotopic (exact) mass is 450 g/mol. The van der Waals surface area contributed by atoms with Gasteiger partial charge in [-0.15, -0.1) is 0 Å². The molecule has 0 unspecified atom stereocenters. The van der Waals surface area contributed by atoms with E-state index in [1.165, 1.54) is 21.3 Å². The van der Waals surface area contributed by atoms with Crippen LogP contribution >= 0.6 is 0 Å². The molecule has 0 aliphatic carbocycles. The number of anilines is 1. The van der Waals surface area contributed by atoms with Gasteiger partial charge in [-0.05, 0) is 61.0 Å². The first-order chi connectivity index (χ1) is 16.0. The number of hydrogen-bond acceptors (Lipinski definition) is 7. The van der Waals surface area contributed by atoms with Crippen LogP contribution in [0.5, 0.6) is 17.2 Å². The molecule has 1 heterocycles. The summed E-state index contributed by atoms with van der Waals surface area (Å²) in [6.45, 7) is 2.32. The van der Waals surface area contributed by atoms with E-state index in [2.05, 4.69) is 4.98 Å². The quantitative estimate of drug-likeness (QED) is 0.453. The molecule has 1 amide bonds. The van der Waals surface area contributed by atoms with Crippen molar-refractivity contribution in [1.29, 1.82) is 0 Å². The van der Waals surface area contributed by atoms with Crippen LogP contribution in [0.2, 0.25) is 0 Å². The highest BCUT2D eigenvalue weighted by atomic mass is 16.5. The molecule has 0 radical (unpaired) electrons. The molecule has 0 N–H and O–H groups in total. The number of methoxy groups -OCH3 is 3. The number of nitrogens with zero attached hydrogens (tertiary/aromatic N) is 2. The lowest BCUT2D eigenvalue weighted by Gasteiger charge is -2.24. The fourth-order valence-corrected chi connectivity index (χ4v) is 3.30.